The van der Waals surface area contributed by atoms with Gasteiger partial charge in [0.25, 0.3) is 0 Å². The highest BCUT2D eigenvalue weighted by Crippen LogP contribution is 2.51. The van der Waals surface area contributed by atoms with Gasteiger partial charge in [-0.15, -0.1) is 0 Å². The van der Waals surface area contributed by atoms with Crippen LogP contribution in [0.1, 0.15) is 57.6 Å². The average molecular weight is 603 g/mol. The molecule has 2 aromatic rings. The van der Waals surface area contributed by atoms with Crippen LogP contribution in [0.25, 0.3) is 0 Å². The third-order valence-electron chi connectivity index (χ3n) is 9.29. The highest BCUT2D eigenvalue weighted by Gasteiger charge is 2.68. The number of ether oxygens (including phenoxy) is 4. The molecule has 3 fully saturated rings. The Bertz CT molecular complexity index is 1280. The predicted molar refractivity (Wildman–Crippen MR) is 161 cm³/mol. The fourth-order valence-corrected chi connectivity index (χ4v) is 8.98. The van der Waals surface area contributed by atoms with Gasteiger partial charge in [-0.05, 0) is 55.6 Å². The van der Waals surface area contributed by atoms with Crippen molar-refractivity contribution in [3.05, 3.63) is 65.7 Å². The smallest absolute Gasteiger partial charge is 0.210 e. The van der Waals surface area contributed by atoms with Crippen LogP contribution in [0.5, 0.6) is 0 Å². The normalized spacial score (nSPS) is 30.5. The van der Waals surface area contributed by atoms with E-state index in [1.54, 1.807) is 12.1 Å². The van der Waals surface area contributed by atoms with E-state index in [1.165, 1.54) is 0 Å². The van der Waals surface area contributed by atoms with Crippen molar-refractivity contribution >= 4 is 18.2 Å². The van der Waals surface area contributed by atoms with Crippen molar-refractivity contribution in [2.45, 2.75) is 118 Å². The van der Waals surface area contributed by atoms with Gasteiger partial charge in [-0.3, -0.25) is 0 Å². The third kappa shape index (κ3) is 6.51. The van der Waals surface area contributed by atoms with E-state index in [-0.39, 0.29) is 41.3 Å². The van der Waals surface area contributed by atoms with Crippen LogP contribution in [0.3, 0.4) is 0 Å². The summed E-state index contributed by atoms with van der Waals surface area (Å²) in [4.78, 5) is -1.19. The van der Waals surface area contributed by atoms with Crippen molar-refractivity contribution < 1.29 is 31.8 Å². The molecule has 0 N–H and O–H groups in total. The number of sulfone groups is 1. The number of rotatable bonds is 10. The highest BCUT2D eigenvalue weighted by molar-refractivity contribution is 7.93. The van der Waals surface area contributed by atoms with E-state index in [0.29, 0.717) is 13.0 Å². The van der Waals surface area contributed by atoms with E-state index in [0.717, 1.165) is 30.6 Å². The standard InChI is InChI=1S/C32H46O7SSi/c1-23-14-16-25(17-15-23)40(33,34)32(30(38-32)22-35-21-24-11-8-7-9-12-24)20-29-28(39-41(5,6)31(2,3)4)19-27-26(37-29)13-10-18-36-27/h7-9,11-12,14-17,26-30H,10,13,18-22H2,1-6H3/t26-,27+,28-,29+,30?,32?/m0/s1. The molecule has 9 heteroatoms. The zero-order valence-corrected chi connectivity index (χ0v) is 27.1. The number of epoxide rings is 1. The van der Waals surface area contributed by atoms with Crippen LogP contribution in [-0.2, 0) is 39.8 Å². The van der Waals surface area contributed by atoms with Crippen LogP contribution in [0, 0.1) is 6.92 Å². The number of hydrogen-bond acceptors (Lipinski definition) is 7. The molecule has 6 atom stereocenters. The van der Waals surface area contributed by atoms with Gasteiger partial charge in [0.05, 0.1) is 42.5 Å². The largest absolute Gasteiger partial charge is 0.411 e. The number of fused-ring (bicyclic) bond motifs is 1. The maximum absolute atomic E-state index is 14.3. The summed E-state index contributed by atoms with van der Waals surface area (Å²) in [6.45, 7) is 14.3. The first-order valence-electron chi connectivity index (χ1n) is 14.9. The molecule has 0 amide bonds. The minimum absolute atomic E-state index is 0.00260. The van der Waals surface area contributed by atoms with E-state index in [4.69, 9.17) is 23.4 Å². The SMILES string of the molecule is Cc1ccc(S(=O)(=O)C2(C[C@H]3O[C@H]4CCCO[C@@H]4C[C@@H]3O[Si](C)(C)C(C)(C)C)OC2COCc2ccccc2)cc1. The van der Waals surface area contributed by atoms with E-state index in [2.05, 4.69) is 33.9 Å². The molecule has 0 spiro atoms. The zero-order valence-electron chi connectivity index (χ0n) is 25.3. The van der Waals surface area contributed by atoms with Crippen molar-refractivity contribution in [2.24, 2.45) is 0 Å². The Labute approximate surface area is 246 Å². The first-order chi connectivity index (χ1) is 19.3. The summed E-state index contributed by atoms with van der Waals surface area (Å²) in [5.41, 5.74) is 2.03. The number of hydrogen-bond donors (Lipinski definition) is 0. The van der Waals surface area contributed by atoms with E-state index in [1.807, 2.05) is 49.4 Å². The number of aryl methyl sites for hydroxylation is 1. The van der Waals surface area contributed by atoms with Gasteiger partial charge in [-0.2, -0.15) is 0 Å². The molecular weight excluding hydrogens is 556 g/mol. The van der Waals surface area contributed by atoms with E-state index in [9.17, 15) is 8.42 Å². The Kier molecular flexibility index (Phi) is 8.90. The minimum Gasteiger partial charge on any atom is -0.411 e. The molecule has 7 nitrogen and oxygen atoms in total. The lowest BCUT2D eigenvalue weighted by molar-refractivity contribution is -0.201. The summed E-state index contributed by atoms with van der Waals surface area (Å²) < 4.78 is 60.5. The fraction of sp³-hybridized carbons (Fsp3) is 0.625. The van der Waals surface area contributed by atoms with Gasteiger partial charge in [0.2, 0.25) is 14.8 Å². The van der Waals surface area contributed by atoms with E-state index < -0.39 is 35.3 Å². The fourth-order valence-electron chi connectivity index (χ4n) is 5.69. The molecule has 0 aliphatic carbocycles. The third-order valence-corrected chi connectivity index (χ3v) is 16.1. The second kappa shape index (κ2) is 11.8. The Morgan fingerprint density at radius 3 is 2.41 bits per heavy atom. The molecule has 0 aromatic heterocycles. The molecule has 3 saturated heterocycles. The second-order valence-corrected chi connectivity index (χ2v) is 20.3. The van der Waals surface area contributed by atoms with Gasteiger partial charge in [-0.1, -0.05) is 68.8 Å². The van der Waals surface area contributed by atoms with Crippen LogP contribution in [0.4, 0.5) is 0 Å². The maximum Gasteiger partial charge on any atom is 0.210 e. The van der Waals surface area contributed by atoms with Crippen LogP contribution in [0.2, 0.25) is 18.1 Å². The summed E-state index contributed by atoms with van der Waals surface area (Å²) in [7, 11) is -6.06. The lowest BCUT2D eigenvalue weighted by Crippen LogP contribution is -2.56. The van der Waals surface area contributed by atoms with Crippen molar-refractivity contribution in [2.75, 3.05) is 13.2 Å². The number of benzene rings is 2. The summed E-state index contributed by atoms with van der Waals surface area (Å²) in [6, 6.07) is 16.9. The lowest BCUT2D eigenvalue weighted by atomic mass is 9.91. The summed E-state index contributed by atoms with van der Waals surface area (Å²) in [5, 5.41) is -0.00260. The van der Waals surface area contributed by atoms with E-state index >= 15 is 0 Å². The monoisotopic (exact) mass is 602 g/mol. The Morgan fingerprint density at radius 1 is 1.02 bits per heavy atom. The van der Waals surface area contributed by atoms with Gasteiger partial charge in [0.1, 0.15) is 6.10 Å². The van der Waals surface area contributed by atoms with Gasteiger partial charge >= 0.3 is 0 Å². The zero-order chi connectivity index (χ0) is 29.5. The van der Waals surface area contributed by atoms with Crippen LogP contribution < -0.4 is 0 Å². The van der Waals surface area contributed by atoms with Crippen LogP contribution in [0.15, 0.2) is 59.5 Å². The van der Waals surface area contributed by atoms with Crippen molar-refractivity contribution in [3.63, 3.8) is 0 Å². The highest BCUT2D eigenvalue weighted by atomic mass is 32.2. The van der Waals surface area contributed by atoms with Crippen LogP contribution in [-0.4, -0.2) is 65.4 Å². The lowest BCUT2D eigenvalue weighted by Gasteiger charge is -2.48. The molecule has 2 aromatic carbocycles. The summed E-state index contributed by atoms with van der Waals surface area (Å²) >= 11 is 0. The molecule has 2 unspecified atom stereocenters. The average Bonchev–Trinajstić information content (AvgIpc) is 3.63. The van der Waals surface area contributed by atoms with Gasteiger partial charge in [-0.25, -0.2) is 8.42 Å². The first-order valence-corrected chi connectivity index (χ1v) is 19.3. The molecule has 0 bridgehead atoms. The molecular formula is C32H46O7SSi. The molecule has 0 radical (unpaired) electrons. The summed E-state index contributed by atoms with van der Waals surface area (Å²) in [5.74, 6) is 0. The Morgan fingerprint density at radius 2 is 1.73 bits per heavy atom. The predicted octanol–water partition coefficient (Wildman–Crippen LogP) is 6.20. The van der Waals surface area contributed by atoms with Gasteiger partial charge in [0, 0.05) is 19.4 Å². The summed E-state index contributed by atoms with van der Waals surface area (Å²) in [6.07, 6.45) is 1.28. The quantitative estimate of drug-likeness (QED) is 0.237. The molecule has 5 rings (SSSR count). The van der Waals surface area contributed by atoms with Crippen molar-refractivity contribution in [1.29, 1.82) is 0 Å². The molecule has 3 aliphatic heterocycles. The van der Waals surface area contributed by atoms with Crippen molar-refractivity contribution in [1.82, 2.24) is 0 Å². The van der Waals surface area contributed by atoms with Crippen molar-refractivity contribution in [3.8, 4) is 0 Å². The van der Waals surface area contributed by atoms with Gasteiger partial charge < -0.3 is 23.4 Å². The maximum atomic E-state index is 14.3. The minimum atomic E-state index is -3.87. The molecule has 3 heterocycles. The Hall–Kier alpha value is -1.59. The molecule has 0 saturated carbocycles. The molecule has 226 valence electrons. The van der Waals surface area contributed by atoms with Gasteiger partial charge in [0.15, 0.2) is 8.32 Å². The second-order valence-electron chi connectivity index (χ2n) is 13.4. The molecule has 41 heavy (non-hydrogen) atoms. The topological polar surface area (TPSA) is 83.6 Å². The van der Waals surface area contributed by atoms with Crippen LogP contribution >= 0.6 is 0 Å². The Balaban J connectivity index is 1.42. The first kappa shape index (κ1) is 30.9. The molecule has 3 aliphatic rings.